The zero-order valence-corrected chi connectivity index (χ0v) is 78.9. The van der Waals surface area contributed by atoms with Crippen molar-refractivity contribution in [1.29, 1.82) is 0 Å². The molecule has 15 rings (SSSR count). The molecular formula is C91H120FN21O6S4. The number of benzene rings is 4. The normalized spacial score (nSPS) is 18.1. The van der Waals surface area contributed by atoms with E-state index in [1.165, 1.54) is 41.9 Å². The third-order valence-corrected chi connectivity index (χ3v) is 26.8. The van der Waals surface area contributed by atoms with E-state index < -0.39 is 11.8 Å². The van der Waals surface area contributed by atoms with Gasteiger partial charge in [-0.25, -0.2) is 13.9 Å². The van der Waals surface area contributed by atoms with Crippen LogP contribution in [0.1, 0.15) is 185 Å². The van der Waals surface area contributed by atoms with Crippen LogP contribution < -0.4 is 61.1 Å². The van der Waals surface area contributed by atoms with E-state index in [1.807, 2.05) is 84.7 Å². The second-order valence-corrected chi connectivity index (χ2v) is 41.7. The number of hydrogen-bond donors (Lipinski definition) is 5. The van der Waals surface area contributed by atoms with Gasteiger partial charge < -0.3 is 69.6 Å². The SMILES string of the molecule is CCc1ccn(-c2ccc(-c3nnc(N(C)C4CC(C)(C)NC(C)(C)C4)s3)c(OC)c2)n1.COC(=O)c1ccc(-c2nnc(N(C)C3CC(C)(C)NC(C)(C)C3)s2)c(F)c1.COc1cc(-c2ccn(C)c(=O)c2)ccc1-c1nnc(NC2CC(C)(C)NC(C)(C)C2)s1.[C-]#[N+]c1ccc2cc(-c3nnc(N(C)C4CC(C)(C)NC(C)(C)C4)s3)c(OC)cc2n1. The molecular weight excluding hydrogens is 1630 g/mol. The average molecular weight is 1750 g/mol. The van der Waals surface area contributed by atoms with Gasteiger partial charge in [0.15, 0.2) is 25.5 Å². The van der Waals surface area contributed by atoms with Gasteiger partial charge in [0, 0.05) is 138 Å². The van der Waals surface area contributed by atoms with Gasteiger partial charge in [-0.3, -0.25) is 4.79 Å². The summed E-state index contributed by atoms with van der Waals surface area (Å²) in [6.07, 6.45) is 12.8. The number of rotatable bonds is 19. The lowest BCUT2D eigenvalue weighted by Crippen LogP contribution is -2.61. The predicted octanol–water partition coefficient (Wildman–Crippen LogP) is 17.9. The molecule has 11 heterocycles. The van der Waals surface area contributed by atoms with Crippen molar-refractivity contribution in [3.63, 3.8) is 0 Å². The quantitative estimate of drug-likeness (QED) is 0.0371. The van der Waals surface area contributed by atoms with Crippen molar-refractivity contribution in [1.82, 2.24) is 81.4 Å². The van der Waals surface area contributed by atoms with Gasteiger partial charge in [0.05, 0.1) is 62.1 Å². The van der Waals surface area contributed by atoms with Crippen LogP contribution in [0.2, 0.25) is 0 Å². The number of carbonyl (C=O) groups is 1. The average Bonchev–Trinajstić information content (AvgIpc) is 1.73. The third kappa shape index (κ3) is 22.8. The molecule has 4 saturated heterocycles. The van der Waals surface area contributed by atoms with E-state index in [1.54, 1.807) is 80.0 Å². The summed E-state index contributed by atoms with van der Waals surface area (Å²) in [5.41, 5.74) is 8.15. The Bertz CT molecular complexity index is 5610. The van der Waals surface area contributed by atoms with Gasteiger partial charge in [0.25, 0.3) is 11.4 Å². The minimum atomic E-state index is -0.570. The Morgan fingerprint density at radius 3 is 1.41 bits per heavy atom. The van der Waals surface area contributed by atoms with Crippen molar-refractivity contribution >= 4 is 88.6 Å². The smallest absolute Gasteiger partial charge is 0.337 e. The number of pyridine rings is 2. The van der Waals surface area contributed by atoms with Crippen LogP contribution in [0, 0.1) is 12.4 Å². The number of nitrogens with one attached hydrogen (secondary N) is 5. The lowest BCUT2D eigenvalue weighted by Gasteiger charge is -2.48. The number of anilines is 4. The van der Waals surface area contributed by atoms with Crippen molar-refractivity contribution in [3.8, 4) is 76.3 Å². The summed E-state index contributed by atoms with van der Waals surface area (Å²) in [6, 6.07) is 30.8. The largest absolute Gasteiger partial charge is 0.496 e. The molecule has 4 fully saturated rings. The molecule has 0 amide bonds. The molecule has 5 N–H and O–H groups in total. The van der Waals surface area contributed by atoms with Crippen LogP contribution in [-0.2, 0) is 18.2 Å². The number of aromatic nitrogens is 12. The Kier molecular flexibility index (Phi) is 27.5. The molecule has 656 valence electrons. The number of piperidine rings is 4. The third-order valence-electron chi connectivity index (χ3n) is 22.8. The highest BCUT2D eigenvalue weighted by atomic mass is 32.1. The topological polar surface area (TPSA) is 284 Å². The van der Waals surface area contributed by atoms with Gasteiger partial charge in [-0.15, -0.1) is 45.8 Å². The van der Waals surface area contributed by atoms with E-state index in [9.17, 15) is 14.0 Å². The summed E-state index contributed by atoms with van der Waals surface area (Å²) in [6.45, 7) is 45.2. The number of methoxy groups -OCH3 is 4. The standard InChI is InChI=1S/C24H34N6OS.C24H31N5O2S.C23H28N6OS.C20H27FN4O2S/c1-8-16-11-12-30(27-16)17-9-10-19(20(13-17)31-7)21-25-26-22(32-21)29(6)18-14-23(2,3)28-24(4,5)15-18;1-23(2)13-17(14-24(3,4)28-23)25-22-27-26-21(32-22)18-8-7-15(11-19(18)31-6)16-9-10-29(5)20(30)12-16;1-22(2)12-15(13-23(3,4)28-22)29(6)21-27-26-20(31-21)16-10-14-8-9-19(24-5)25-17(14)11-18(16)30-7;1-19(2)10-13(11-20(3,4)24-19)25(5)18-23-22-16(28-18)14-8-7-12(9-15(14)21)17(26)27-6/h9-13,18,28H,8,14-15H2,1-7H3;7-12,17,28H,13-14H2,1-6H3,(H,25,27);8-11,15,28H,12-13H2,1-4,6-7H3;7-9,13,24H,10-11H2,1-6H3. The van der Waals surface area contributed by atoms with Crippen LogP contribution in [0.3, 0.4) is 0 Å². The van der Waals surface area contributed by atoms with Crippen molar-refractivity contribution in [2.75, 3.05) is 69.6 Å². The number of ether oxygens (including phenoxy) is 4. The molecule has 32 heteroatoms. The van der Waals surface area contributed by atoms with Crippen LogP contribution in [0.5, 0.6) is 17.2 Å². The lowest BCUT2D eigenvalue weighted by molar-refractivity contribution is 0.0600. The fraction of sp³-hybridized carbons (Fsp3) is 0.505. The van der Waals surface area contributed by atoms with E-state index in [-0.39, 0.29) is 55.4 Å². The highest BCUT2D eigenvalue weighted by Gasteiger charge is 2.44. The molecule has 11 aromatic rings. The van der Waals surface area contributed by atoms with E-state index in [4.69, 9.17) is 20.8 Å². The molecule has 4 aliphatic heterocycles. The molecule has 0 spiro atoms. The van der Waals surface area contributed by atoms with E-state index in [0.29, 0.717) is 52.1 Å². The first-order valence-corrected chi connectivity index (χ1v) is 44.8. The first-order valence-electron chi connectivity index (χ1n) is 41.6. The molecule has 123 heavy (non-hydrogen) atoms. The Balaban J connectivity index is 0.000000150. The summed E-state index contributed by atoms with van der Waals surface area (Å²) in [5.74, 6) is 1.43. The molecule has 27 nitrogen and oxygen atoms in total. The molecule has 0 bridgehead atoms. The number of esters is 1. The summed E-state index contributed by atoms with van der Waals surface area (Å²) in [5, 5.41) is 65.7. The van der Waals surface area contributed by atoms with Crippen LogP contribution in [0.25, 0.3) is 74.8 Å². The van der Waals surface area contributed by atoms with Crippen LogP contribution in [-0.4, -0.2) is 184 Å². The molecule has 7 aromatic heterocycles. The van der Waals surface area contributed by atoms with Crippen molar-refractivity contribution in [3.05, 3.63) is 148 Å². The molecule has 0 aliphatic carbocycles. The number of aryl methyl sites for hydroxylation is 2. The number of nitrogens with zero attached hydrogens (tertiary/aromatic N) is 16. The maximum atomic E-state index is 14.5. The zero-order valence-electron chi connectivity index (χ0n) is 75.7. The Labute approximate surface area is 738 Å². The van der Waals surface area contributed by atoms with Crippen molar-refractivity contribution in [2.24, 2.45) is 7.05 Å². The second kappa shape index (κ2) is 36.7. The predicted molar refractivity (Wildman–Crippen MR) is 497 cm³/mol. The minimum Gasteiger partial charge on any atom is -0.496 e. The fourth-order valence-corrected chi connectivity index (χ4v) is 22.0. The van der Waals surface area contributed by atoms with E-state index >= 15 is 0 Å². The van der Waals surface area contributed by atoms with E-state index in [2.05, 4.69) is 234 Å². The van der Waals surface area contributed by atoms with Gasteiger partial charge in [-0.2, -0.15) is 5.10 Å². The maximum absolute atomic E-state index is 14.5. The molecule has 4 aliphatic rings. The van der Waals surface area contributed by atoms with Gasteiger partial charge in [0.2, 0.25) is 20.5 Å². The lowest BCUT2D eigenvalue weighted by atomic mass is 9.79. The summed E-state index contributed by atoms with van der Waals surface area (Å²) in [4.78, 5) is 38.1. The van der Waals surface area contributed by atoms with Gasteiger partial charge in [0.1, 0.15) is 23.1 Å². The maximum Gasteiger partial charge on any atom is 0.337 e. The molecule has 0 saturated carbocycles. The van der Waals surface area contributed by atoms with Crippen molar-refractivity contribution in [2.45, 2.75) is 244 Å². The monoisotopic (exact) mass is 1750 g/mol. The first-order chi connectivity index (χ1) is 57.8. The molecule has 0 radical (unpaired) electrons. The number of hydrogen-bond acceptors (Lipinski definition) is 28. The molecule has 0 unspecified atom stereocenters. The van der Waals surface area contributed by atoms with Gasteiger partial charge >= 0.3 is 5.97 Å². The van der Waals surface area contributed by atoms with Crippen LogP contribution in [0.15, 0.2) is 114 Å². The first kappa shape index (κ1) is 92.2. The van der Waals surface area contributed by atoms with Crippen LogP contribution >= 0.6 is 45.3 Å². The van der Waals surface area contributed by atoms with Crippen LogP contribution in [0.4, 0.5) is 30.7 Å². The summed E-state index contributed by atoms with van der Waals surface area (Å²) in [7, 11) is 14.2. The highest BCUT2D eigenvalue weighted by Crippen LogP contribution is 2.45. The summed E-state index contributed by atoms with van der Waals surface area (Å²) >= 11 is 6.05. The Morgan fingerprint density at radius 1 is 0.512 bits per heavy atom. The van der Waals surface area contributed by atoms with Gasteiger partial charge in [-0.05, 0) is 246 Å². The molecule has 4 aromatic carbocycles. The second-order valence-electron chi connectivity index (χ2n) is 37.9. The number of carbonyl (C=O) groups excluding carboxylic acids is 1. The zero-order chi connectivity index (χ0) is 89.3. The summed E-state index contributed by atoms with van der Waals surface area (Å²) < 4.78 is 39.6. The number of fused-ring (bicyclic) bond motifs is 1. The fourth-order valence-electron chi connectivity index (χ4n) is 18.4. The Hall–Kier alpha value is -9.98. The minimum absolute atomic E-state index is 0.0179. The van der Waals surface area contributed by atoms with Gasteiger partial charge in [-0.1, -0.05) is 71.0 Å². The number of halogens is 1. The molecule has 0 atom stereocenters. The van der Waals surface area contributed by atoms with E-state index in [0.717, 1.165) is 149 Å². The highest BCUT2D eigenvalue weighted by molar-refractivity contribution is 7.19. The Morgan fingerprint density at radius 2 is 0.951 bits per heavy atom. The van der Waals surface area contributed by atoms with Crippen molar-refractivity contribution < 1.29 is 28.1 Å².